The molecule has 190 valence electrons. The zero-order valence-corrected chi connectivity index (χ0v) is 20.4. The molecule has 2 fully saturated rings. The van der Waals surface area contributed by atoms with Crippen LogP contribution in [0.3, 0.4) is 0 Å². The maximum Gasteiger partial charge on any atom is 0.339 e. The lowest BCUT2D eigenvalue weighted by Gasteiger charge is -2.50. The molecule has 2 saturated heterocycles. The second kappa shape index (κ2) is 10.4. The third kappa shape index (κ3) is 5.06. The predicted molar refractivity (Wildman–Crippen MR) is 130 cm³/mol. The lowest BCUT2D eigenvalue weighted by Crippen LogP contribution is -2.62. The minimum atomic E-state index is -0.833. The van der Waals surface area contributed by atoms with Gasteiger partial charge in [-0.1, -0.05) is 0 Å². The summed E-state index contributed by atoms with van der Waals surface area (Å²) in [6.07, 6.45) is 5.53. The summed E-state index contributed by atoms with van der Waals surface area (Å²) in [5, 5.41) is 21.8. The van der Waals surface area contributed by atoms with Gasteiger partial charge in [-0.2, -0.15) is 0 Å². The van der Waals surface area contributed by atoms with Crippen molar-refractivity contribution in [3.63, 3.8) is 0 Å². The van der Waals surface area contributed by atoms with E-state index >= 15 is 0 Å². The quantitative estimate of drug-likeness (QED) is 0.560. The molecule has 0 unspecified atom stereocenters. The number of hydrogen-bond donors (Lipinski definition) is 3. The van der Waals surface area contributed by atoms with Gasteiger partial charge in [-0.15, -0.1) is 0 Å². The first-order valence-corrected chi connectivity index (χ1v) is 12.3. The Morgan fingerprint density at radius 2 is 1.97 bits per heavy atom. The summed E-state index contributed by atoms with van der Waals surface area (Å²) >= 11 is 0. The SMILES string of the molecule is CC(=O)O.Cc1c(OCC(=O)N2CC[C@@]3(CO)CCCN[C@@H]3C2)ccc2c3c(c(=O)oc12)CCC3. The number of benzene rings is 1. The lowest BCUT2D eigenvalue weighted by atomic mass is 9.70. The molecular formula is C26H34N2O7. The number of aryl methyl sites for hydroxylation is 2. The van der Waals surface area contributed by atoms with Crippen LogP contribution in [-0.4, -0.2) is 65.9 Å². The summed E-state index contributed by atoms with van der Waals surface area (Å²) in [5.41, 5.74) is 2.85. The van der Waals surface area contributed by atoms with E-state index in [2.05, 4.69) is 5.32 Å². The third-order valence-electron chi connectivity index (χ3n) is 7.62. The summed E-state index contributed by atoms with van der Waals surface area (Å²) in [7, 11) is 0. The zero-order chi connectivity index (χ0) is 25.2. The van der Waals surface area contributed by atoms with E-state index in [0.29, 0.717) is 24.4 Å². The Hall–Kier alpha value is -2.91. The fraction of sp³-hybridized carbons (Fsp3) is 0.577. The van der Waals surface area contributed by atoms with E-state index in [-0.39, 0.29) is 36.2 Å². The standard InChI is InChI=1S/C24H30N2O5.C2H4O2/c1-15-19(7-6-17-16-4-2-5-18(16)23(29)31-22(15)17)30-13-21(28)26-11-9-24(14-27)8-3-10-25-20(24)12-26;1-2(3)4/h6-7,20,25,27H,2-5,8-14H2,1H3;1H3,(H,3,4)/t20-,24-;/m1./s1. The van der Waals surface area contributed by atoms with Crippen LogP contribution in [0.4, 0.5) is 0 Å². The predicted octanol–water partition coefficient (Wildman–Crippen LogP) is 2.02. The first-order chi connectivity index (χ1) is 16.8. The number of aliphatic hydroxyl groups excluding tert-OH is 1. The number of fused-ring (bicyclic) bond motifs is 4. The summed E-state index contributed by atoms with van der Waals surface area (Å²) in [6, 6.07) is 3.94. The molecule has 9 heteroatoms. The third-order valence-corrected chi connectivity index (χ3v) is 7.62. The van der Waals surface area contributed by atoms with Crippen molar-refractivity contribution in [2.45, 2.75) is 58.4 Å². The van der Waals surface area contributed by atoms with Crippen LogP contribution in [-0.2, 0) is 22.4 Å². The van der Waals surface area contributed by atoms with Crippen molar-refractivity contribution in [1.82, 2.24) is 10.2 Å². The van der Waals surface area contributed by atoms with Gasteiger partial charge < -0.3 is 29.6 Å². The number of ether oxygens (including phenoxy) is 1. The number of nitrogens with zero attached hydrogens (tertiary/aromatic N) is 1. The minimum absolute atomic E-state index is 0.0552. The van der Waals surface area contributed by atoms with Gasteiger partial charge >= 0.3 is 5.63 Å². The number of carboxylic acids is 1. The normalized spacial score (nSPS) is 23.2. The number of hydrogen-bond acceptors (Lipinski definition) is 7. The van der Waals surface area contributed by atoms with Gasteiger partial charge in [-0.25, -0.2) is 4.79 Å². The number of piperidine rings is 2. The van der Waals surface area contributed by atoms with Crippen LogP contribution < -0.4 is 15.7 Å². The molecule has 0 spiro atoms. The highest BCUT2D eigenvalue weighted by molar-refractivity contribution is 5.86. The summed E-state index contributed by atoms with van der Waals surface area (Å²) in [4.78, 5) is 36.0. The molecule has 2 aromatic rings. The van der Waals surface area contributed by atoms with Crippen molar-refractivity contribution in [3.05, 3.63) is 39.2 Å². The van der Waals surface area contributed by atoms with Crippen LogP contribution in [0.2, 0.25) is 0 Å². The molecule has 0 radical (unpaired) electrons. The van der Waals surface area contributed by atoms with E-state index in [1.54, 1.807) is 0 Å². The van der Waals surface area contributed by atoms with Crippen LogP contribution in [0.15, 0.2) is 21.3 Å². The van der Waals surface area contributed by atoms with E-state index in [1.165, 1.54) is 0 Å². The first-order valence-electron chi connectivity index (χ1n) is 12.3. The van der Waals surface area contributed by atoms with Gasteiger partial charge in [0.1, 0.15) is 11.3 Å². The Balaban J connectivity index is 0.000000672. The molecule has 1 amide bonds. The summed E-state index contributed by atoms with van der Waals surface area (Å²) in [5.74, 6) is -0.326. The largest absolute Gasteiger partial charge is 0.483 e. The second-order valence-corrected chi connectivity index (χ2v) is 9.79. The highest BCUT2D eigenvalue weighted by atomic mass is 16.5. The molecule has 3 heterocycles. The molecule has 1 aromatic heterocycles. The molecule has 3 aliphatic rings. The van der Waals surface area contributed by atoms with E-state index in [1.807, 2.05) is 24.0 Å². The number of carboxylic acid groups (broad SMARTS) is 1. The van der Waals surface area contributed by atoms with Gasteiger partial charge in [-0.05, 0) is 69.7 Å². The van der Waals surface area contributed by atoms with Gasteiger partial charge in [0.25, 0.3) is 11.9 Å². The molecule has 1 aliphatic carbocycles. The van der Waals surface area contributed by atoms with E-state index < -0.39 is 5.97 Å². The maximum absolute atomic E-state index is 12.9. The average Bonchev–Trinajstić information content (AvgIpc) is 3.34. The smallest absolute Gasteiger partial charge is 0.339 e. The molecule has 1 aromatic carbocycles. The molecule has 0 saturated carbocycles. The van der Waals surface area contributed by atoms with Gasteiger partial charge in [-0.3, -0.25) is 9.59 Å². The van der Waals surface area contributed by atoms with Crippen LogP contribution >= 0.6 is 0 Å². The fourth-order valence-electron chi connectivity index (χ4n) is 5.68. The van der Waals surface area contributed by atoms with Gasteiger partial charge in [0.15, 0.2) is 6.61 Å². The Morgan fingerprint density at radius 1 is 1.23 bits per heavy atom. The minimum Gasteiger partial charge on any atom is -0.483 e. The van der Waals surface area contributed by atoms with Crippen molar-refractivity contribution in [1.29, 1.82) is 0 Å². The molecule has 35 heavy (non-hydrogen) atoms. The number of aliphatic carboxylic acids is 1. The monoisotopic (exact) mass is 486 g/mol. The van der Waals surface area contributed by atoms with Crippen LogP contribution in [0.5, 0.6) is 5.75 Å². The van der Waals surface area contributed by atoms with Crippen LogP contribution in [0, 0.1) is 12.3 Å². The van der Waals surface area contributed by atoms with Crippen LogP contribution in [0.1, 0.15) is 49.3 Å². The van der Waals surface area contributed by atoms with Crippen molar-refractivity contribution >= 4 is 22.8 Å². The number of aliphatic hydroxyl groups is 1. The van der Waals surface area contributed by atoms with Gasteiger partial charge in [0, 0.05) is 48.0 Å². The Bertz CT molecular complexity index is 1170. The Morgan fingerprint density at radius 3 is 2.71 bits per heavy atom. The molecule has 3 N–H and O–H groups in total. The molecule has 9 nitrogen and oxygen atoms in total. The number of carbonyl (C=O) groups excluding carboxylic acids is 1. The lowest BCUT2D eigenvalue weighted by molar-refractivity contribution is -0.138. The zero-order valence-electron chi connectivity index (χ0n) is 20.4. The maximum atomic E-state index is 12.9. The molecule has 0 bridgehead atoms. The number of likely N-dealkylation sites (tertiary alicyclic amines) is 1. The molecule has 2 aliphatic heterocycles. The summed E-state index contributed by atoms with van der Waals surface area (Å²) in [6.45, 7) is 5.22. The number of amides is 1. The highest BCUT2D eigenvalue weighted by Crippen LogP contribution is 2.38. The highest BCUT2D eigenvalue weighted by Gasteiger charge is 2.44. The first kappa shape index (κ1) is 25.2. The Kier molecular flexibility index (Phi) is 7.47. The molecule has 5 rings (SSSR count). The fourth-order valence-corrected chi connectivity index (χ4v) is 5.68. The number of rotatable bonds is 4. The topological polar surface area (TPSA) is 129 Å². The van der Waals surface area contributed by atoms with Crippen molar-refractivity contribution in [2.24, 2.45) is 5.41 Å². The van der Waals surface area contributed by atoms with E-state index in [4.69, 9.17) is 19.1 Å². The van der Waals surface area contributed by atoms with Crippen molar-refractivity contribution in [3.8, 4) is 5.75 Å². The van der Waals surface area contributed by atoms with Crippen molar-refractivity contribution < 1.29 is 29.0 Å². The van der Waals surface area contributed by atoms with E-state index in [9.17, 15) is 14.7 Å². The number of nitrogens with one attached hydrogen (secondary N) is 1. The second-order valence-electron chi connectivity index (χ2n) is 9.79. The summed E-state index contributed by atoms with van der Waals surface area (Å²) < 4.78 is 11.5. The van der Waals surface area contributed by atoms with Gasteiger partial charge in [0.2, 0.25) is 0 Å². The van der Waals surface area contributed by atoms with Crippen LogP contribution in [0.25, 0.3) is 11.0 Å². The van der Waals surface area contributed by atoms with Gasteiger partial charge in [0.05, 0.1) is 6.61 Å². The average molecular weight is 487 g/mol. The Labute approximate surface area is 204 Å². The number of carbonyl (C=O) groups is 2. The molecule has 2 atom stereocenters. The van der Waals surface area contributed by atoms with Crippen molar-refractivity contribution in [2.75, 3.05) is 32.8 Å². The van der Waals surface area contributed by atoms with E-state index in [0.717, 1.165) is 74.1 Å². The molecular weight excluding hydrogens is 452 g/mol.